The summed E-state index contributed by atoms with van der Waals surface area (Å²) in [6.45, 7) is 3.55. The summed E-state index contributed by atoms with van der Waals surface area (Å²) in [6.07, 6.45) is 11.6. The summed E-state index contributed by atoms with van der Waals surface area (Å²) in [6, 6.07) is 8.08. The molecule has 3 aliphatic rings. The Morgan fingerprint density at radius 3 is 2.82 bits per heavy atom. The van der Waals surface area contributed by atoms with Crippen molar-refractivity contribution in [3.63, 3.8) is 0 Å². The van der Waals surface area contributed by atoms with Crippen molar-refractivity contribution in [1.82, 2.24) is 4.90 Å². The van der Waals surface area contributed by atoms with E-state index in [4.69, 9.17) is 0 Å². The van der Waals surface area contributed by atoms with Crippen molar-refractivity contribution in [2.45, 2.75) is 31.3 Å². The molecule has 2 aliphatic heterocycles. The number of azo groups is 1. The Labute approximate surface area is 131 Å². The van der Waals surface area contributed by atoms with E-state index in [9.17, 15) is 0 Å². The highest BCUT2D eigenvalue weighted by Crippen LogP contribution is 2.37. The topological polar surface area (TPSA) is 40.0 Å². The third-order valence-corrected chi connectivity index (χ3v) is 4.69. The molecule has 1 fully saturated rings. The van der Waals surface area contributed by atoms with Crippen LogP contribution in [0.1, 0.15) is 25.7 Å². The van der Waals surface area contributed by atoms with E-state index in [1.54, 1.807) is 0 Å². The van der Waals surface area contributed by atoms with Crippen LogP contribution >= 0.6 is 0 Å². The monoisotopic (exact) mass is 294 g/mol. The van der Waals surface area contributed by atoms with Gasteiger partial charge in [-0.3, -0.25) is 4.90 Å². The molecule has 1 aromatic rings. The summed E-state index contributed by atoms with van der Waals surface area (Å²) in [4.78, 5) is 2.56. The van der Waals surface area contributed by atoms with Gasteiger partial charge in [-0.1, -0.05) is 30.7 Å². The number of para-hydroxylation sites is 1. The van der Waals surface area contributed by atoms with Gasteiger partial charge in [0.15, 0.2) is 5.66 Å². The van der Waals surface area contributed by atoms with Crippen LogP contribution in [-0.2, 0) is 0 Å². The van der Waals surface area contributed by atoms with Crippen molar-refractivity contribution in [3.8, 4) is 0 Å². The molecule has 1 spiro atoms. The first kappa shape index (κ1) is 13.7. The number of hydrogen-bond acceptors (Lipinski definition) is 4. The Morgan fingerprint density at radius 1 is 1.14 bits per heavy atom. The van der Waals surface area contributed by atoms with Gasteiger partial charge < -0.3 is 5.32 Å². The maximum atomic E-state index is 4.51. The predicted octanol–water partition coefficient (Wildman–Crippen LogP) is 4.26. The molecule has 1 saturated heterocycles. The summed E-state index contributed by atoms with van der Waals surface area (Å²) in [5.41, 5.74) is 3.00. The van der Waals surface area contributed by atoms with Crippen LogP contribution in [0.3, 0.4) is 0 Å². The molecule has 1 atom stereocenters. The van der Waals surface area contributed by atoms with Crippen molar-refractivity contribution in [2.24, 2.45) is 10.2 Å². The summed E-state index contributed by atoms with van der Waals surface area (Å²) in [5, 5.41) is 12.4. The molecular formula is C18H22N4. The molecule has 1 aromatic carbocycles. The van der Waals surface area contributed by atoms with E-state index in [0.717, 1.165) is 24.3 Å². The molecule has 1 aliphatic carbocycles. The summed E-state index contributed by atoms with van der Waals surface area (Å²) in [7, 11) is 0. The maximum absolute atomic E-state index is 4.51. The average molecular weight is 294 g/mol. The highest BCUT2D eigenvalue weighted by Gasteiger charge is 2.31. The summed E-state index contributed by atoms with van der Waals surface area (Å²) in [5.74, 6) is 0. The second kappa shape index (κ2) is 5.69. The van der Waals surface area contributed by atoms with Gasteiger partial charge in [0.2, 0.25) is 0 Å². The highest BCUT2D eigenvalue weighted by molar-refractivity contribution is 5.68. The minimum absolute atomic E-state index is 0.389. The molecular weight excluding hydrogens is 272 g/mol. The smallest absolute Gasteiger partial charge is 0.173 e. The van der Waals surface area contributed by atoms with Gasteiger partial charge in [-0.2, -0.15) is 10.2 Å². The van der Waals surface area contributed by atoms with E-state index < -0.39 is 0 Å². The molecule has 1 N–H and O–H groups in total. The van der Waals surface area contributed by atoms with Crippen LogP contribution in [-0.4, -0.2) is 30.2 Å². The van der Waals surface area contributed by atoms with Crippen LogP contribution in [0.2, 0.25) is 0 Å². The molecule has 22 heavy (non-hydrogen) atoms. The molecule has 2 heterocycles. The summed E-state index contributed by atoms with van der Waals surface area (Å²) < 4.78 is 0. The Bertz CT molecular complexity index is 640. The van der Waals surface area contributed by atoms with E-state index >= 15 is 0 Å². The van der Waals surface area contributed by atoms with Crippen molar-refractivity contribution >= 4 is 11.4 Å². The second-order valence-corrected chi connectivity index (χ2v) is 6.42. The molecule has 4 nitrogen and oxygen atoms in total. The number of piperidine rings is 1. The minimum Gasteiger partial charge on any atom is -0.355 e. The van der Waals surface area contributed by atoms with Gasteiger partial charge in [-0.15, -0.1) is 0 Å². The van der Waals surface area contributed by atoms with Crippen LogP contribution < -0.4 is 5.32 Å². The van der Waals surface area contributed by atoms with Crippen LogP contribution in [0.5, 0.6) is 0 Å². The van der Waals surface area contributed by atoms with E-state index in [2.05, 4.69) is 44.7 Å². The van der Waals surface area contributed by atoms with Crippen LogP contribution in [0.25, 0.3) is 0 Å². The number of nitrogens with zero attached hydrogens (tertiary/aromatic N) is 3. The Hall–Kier alpha value is -1.94. The first-order valence-corrected chi connectivity index (χ1v) is 8.24. The van der Waals surface area contributed by atoms with Gasteiger partial charge in [-0.25, -0.2) is 0 Å². The van der Waals surface area contributed by atoms with E-state index in [1.807, 2.05) is 18.2 Å². The number of fused-ring (bicyclic) bond motifs is 1. The maximum Gasteiger partial charge on any atom is 0.173 e. The van der Waals surface area contributed by atoms with E-state index in [1.165, 1.54) is 37.9 Å². The van der Waals surface area contributed by atoms with Crippen molar-refractivity contribution < 1.29 is 0 Å². The molecule has 114 valence electrons. The Morgan fingerprint density at radius 2 is 2.00 bits per heavy atom. The average Bonchev–Trinajstić information content (AvgIpc) is 2.58. The predicted molar refractivity (Wildman–Crippen MR) is 89.4 cm³/mol. The molecule has 4 rings (SSSR count). The molecule has 0 radical (unpaired) electrons. The molecule has 0 bridgehead atoms. The molecule has 4 heteroatoms. The molecule has 0 amide bonds. The van der Waals surface area contributed by atoms with Crippen LogP contribution in [0.4, 0.5) is 11.4 Å². The first-order chi connectivity index (χ1) is 10.8. The van der Waals surface area contributed by atoms with Gasteiger partial charge in [0.25, 0.3) is 0 Å². The third-order valence-electron chi connectivity index (χ3n) is 4.69. The first-order valence-electron chi connectivity index (χ1n) is 8.24. The van der Waals surface area contributed by atoms with E-state index in [0.29, 0.717) is 0 Å². The number of benzene rings is 1. The van der Waals surface area contributed by atoms with Gasteiger partial charge >= 0.3 is 0 Å². The van der Waals surface area contributed by atoms with Gasteiger partial charge in [-0.05, 0) is 49.7 Å². The Balaban J connectivity index is 1.44. The zero-order chi connectivity index (χ0) is 14.8. The fourth-order valence-corrected chi connectivity index (χ4v) is 3.40. The van der Waals surface area contributed by atoms with Gasteiger partial charge in [0, 0.05) is 13.0 Å². The SMILES string of the molecule is C1=CC2(CC=C1CN1CCCCC1)N=Nc1ccccc1N2. The van der Waals surface area contributed by atoms with Gasteiger partial charge in [0.05, 0.1) is 5.69 Å². The Kier molecular flexibility index (Phi) is 3.54. The van der Waals surface area contributed by atoms with Crippen molar-refractivity contribution in [1.29, 1.82) is 0 Å². The number of hydrogen-bond donors (Lipinski definition) is 1. The fourth-order valence-electron chi connectivity index (χ4n) is 3.40. The fraction of sp³-hybridized carbons (Fsp3) is 0.444. The summed E-state index contributed by atoms with van der Waals surface area (Å²) >= 11 is 0. The highest BCUT2D eigenvalue weighted by atomic mass is 15.3. The number of anilines is 1. The third kappa shape index (κ3) is 2.71. The zero-order valence-electron chi connectivity index (χ0n) is 12.8. The minimum atomic E-state index is -0.389. The van der Waals surface area contributed by atoms with E-state index in [-0.39, 0.29) is 5.66 Å². The normalized spacial score (nSPS) is 27.4. The molecule has 0 saturated carbocycles. The zero-order valence-corrected chi connectivity index (χ0v) is 12.8. The van der Waals surface area contributed by atoms with Crippen molar-refractivity contribution in [3.05, 3.63) is 48.1 Å². The standard InChI is InChI=1S/C18H22N4/c1-4-12-22(13-5-1)14-15-8-10-18(11-9-15)19-16-6-2-3-7-17(16)20-21-18/h2-3,6-10,19H,1,4-5,11-14H2. The second-order valence-electron chi connectivity index (χ2n) is 6.42. The van der Waals surface area contributed by atoms with Crippen LogP contribution in [0.15, 0.2) is 58.3 Å². The lowest BCUT2D eigenvalue weighted by Gasteiger charge is -2.33. The molecule has 0 aromatic heterocycles. The van der Waals surface area contributed by atoms with Crippen LogP contribution in [0, 0.1) is 0 Å². The lowest BCUT2D eigenvalue weighted by molar-refractivity contribution is 0.247. The van der Waals surface area contributed by atoms with Gasteiger partial charge in [0.1, 0.15) is 5.69 Å². The number of rotatable bonds is 2. The quantitative estimate of drug-likeness (QED) is 0.885. The number of nitrogens with one attached hydrogen (secondary N) is 1. The lowest BCUT2D eigenvalue weighted by Crippen LogP contribution is -2.37. The largest absolute Gasteiger partial charge is 0.355 e. The van der Waals surface area contributed by atoms with Crippen molar-refractivity contribution in [2.75, 3.05) is 25.0 Å². The number of likely N-dealkylation sites (tertiary alicyclic amines) is 1. The lowest BCUT2D eigenvalue weighted by atomic mass is 9.95. The molecule has 1 unspecified atom stereocenters.